The van der Waals surface area contributed by atoms with E-state index in [9.17, 15) is 9.59 Å². The van der Waals surface area contributed by atoms with Gasteiger partial charge in [0.15, 0.2) is 0 Å². The van der Waals surface area contributed by atoms with Gasteiger partial charge in [-0.15, -0.1) is 0 Å². The van der Waals surface area contributed by atoms with Crippen LogP contribution in [0.25, 0.3) is 0 Å². The SMILES string of the molecule is CC(C)(C)OC(=O)N1CCC(C(=O)NC(Cc2ccccc2)c2ccccc2)=C(NN)C1. The summed E-state index contributed by atoms with van der Waals surface area (Å²) in [5.74, 6) is 5.53. The molecule has 0 spiro atoms. The zero-order chi connectivity index (χ0) is 23.1. The van der Waals surface area contributed by atoms with Crippen molar-refractivity contribution in [2.45, 2.75) is 45.3 Å². The third-order valence-corrected chi connectivity index (χ3v) is 5.23. The van der Waals surface area contributed by atoms with Crippen LogP contribution in [0, 0.1) is 0 Å². The van der Waals surface area contributed by atoms with Crippen LogP contribution in [0.4, 0.5) is 4.79 Å². The lowest BCUT2D eigenvalue weighted by Gasteiger charge is -2.32. The fourth-order valence-electron chi connectivity index (χ4n) is 3.66. The zero-order valence-electron chi connectivity index (χ0n) is 18.9. The number of carbonyl (C=O) groups is 2. The Morgan fingerprint density at radius 1 is 1.06 bits per heavy atom. The van der Waals surface area contributed by atoms with Crippen molar-refractivity contribution in [3.8, 4) is 0 Å². The van der Waals surface area contributed by atoms with Gasteiger partial charge < -0.3 is 20.4 Å². The number of amides is 2. The van der Waals surface area contributed by atoms with E-state index in [1.54, 1.807) is 4.90 Å². The van der Waals surface area contributed by atoms with Crippen molar-refractivity contribution >= 4 is 12.0 Å². The quantitative estimate of drug-likeness (QED) is 0.476. The minimum absolute atomic E-state index is 0.188. The minimum atomic E-state index is -0.588. The third kappa shape index (κ3) is 6.34. The summed E-state index contributed by atoms with van der Waals surface area (Å²) in [4.78, 5) is 27.2. The lowest BCUT2D eigenvalue weighted by Crippen LogP contribution is -2.46. The normalized spacial score (nSPS) is 15.2. The second-order valence-electron chi connectivity index (χ2n) is 8.88. The first kappa shape index (κ1) is 23.3. The summed E-state index contributed by atoms with van der Waals surface area (Å²) >= 11 is 0. The molecule has 0 fully saturated rings. The molecule has 2 aromatic carbocycles. The molecule has 7 nitrogen and oxygen atoms in total. The number of benzene rings is 2. The van der Waals surface area contributed by atoms with Gasteiger partial charge in [0.05, 0.1) is 18.3 Å². The molecule has 3 rings (SSSR count). The van der Waals surface area contributed by atoms with Crippen molar-refractivity contribution in [2.75, 3.05) is 13.1 Å². The molecule has 1 unspecified atom stereocenters. The second kappa shape index (κ2) is 10.3. The Hall–Kier alpha value is -3.32. The van der Waals surface area contributed by atoms with E-state index in [1.165, 1.54) is 0 Å². The number of nitrogens with one attached hydrogen (secondary N) is 2. The summed E-state index contributed by atoms with van der Waals surface area (Å²) in [5.41, 5.74) is 5.26. The van der Waals surface area contributed by atoms with Crippen molar-refractivity contribution < 1.29 is 14.3 Å². The number of hydrogen-bond acceptors (Lipinski definition) is 5. The molecule has 0 radical (unpaired) electrons. The summed E-state index contributed by atoms with van der Waals surface area (Å²) in [6.45, 7) is 6.05. The lowest BCUT2D eigenvalue weighted by molar-refractivity contribution is -0.118. The van der Waals surface area contributed by atoms with Crippen LogP contribution in [0.3, 0.4) is 0 Å². The molecule has 4 N–H and O–H groups in total. The van der Waals surface area contributed by atoms with Crippen LogP contribution in [0.1, 0.15) is 44.4 Å². The van der Waals surface area contributed by atoms with Crippen LogP contribution >= 0.6 is 0 Å². The van der Waals surface area contributed by atoms with E-state index in [0.29, 0.717) is 30.7 Å². The summed E-state index contributed by atoms with van der Waals surface area (Å²) in [7, 11) is 0. The van der Waals surface area contributed by atoms with Gasteiger partial charge in [-0.2, -0.15) is 0 Å². The number of hydrazine groups is 1. The highest BCUT2D eigenvalue weighted by Crippen LogP contribution is 2.23. The van der Waals surface area contributed by atoms with Crippen LogP contribution in [0.5, 0.6) is 0 Å². The fourth-order valence-corrected chi connectivity index (χ4v) is 3.66. The average Bonchev–Trinajstić information content (AvgIpc) is 2.78. The van der Waals surface area contributed by atoms with Crippen LogP contribution in [0.15, 0.2) is 71.9 Å². The Morgan fingerprint density at radius 2 is 1.69 bits per heavy atom. The van der Waals surface area contributed by atoms with E-state index >= 15 is 0 Å². The summed E-state index contributed by atoms with van der Waals surface area (Å²) in [6, 6.07) is 19.8. The Bertz CT molecular complexity index is 952. The van der Waals surface area contributed by atoms with E-state index in [-0.39, 0.29) is 18.5 Å². The van der Waals surface area contributed by atoms with Crippen LogP contribution in [0.2, 0.25) is 0 Å². The molecule has 32 heavy (non-hydrogen) atoms. The van der Waals surface area contributed by atoms with Gasteiger partial charge in [-0.05, 0) is 44.7 Å². The van der Waals surface area contributed by atoms with E-state index in [1.807, 2.05) is 81.4 Å². The second-order valence-corrected chi connectivity index (χ2v) is 8.88. The maximum absolute atomic E-state index is 13.2. The van der Waals surface area contributed by atoms with Crippen LogP contribution in [-0.2, 0) is 16.0 Å². The molecule has 0 bridgehead atoms. The molecule has 0 aromatic heterocycles. The van der Waals surface area contributed by atoms with Gasteiger partial charge in [-0.1, -0.05) is 60.7 Å². The molecule has 2 aromatic rings. The molecular formula is C25H32N4O3. The maximum atomic E-state index is 13.2. The predicted octanol–water partition coefficient (Wildman–Crippen LogP) is 3.44. The largest absolute Gasteiger partial charge is 0.444 e. The van der Waals surface area contributed by atoms with Gasteiger partial charge in [0.2, 0.25) is 5.91 Å². The van der Waals surface area contributed by atoms with Gasteiger partial charge in [0.1, 0.15) is 5.60 Å². The van der Waals surface area contributed by atoms with Crippen LogP contribution < -0.4 is 16.6 Å². The monoisotopic (exact) mass is 436 g/mol. The van der Waals surface area contributed by atoms with Gasteiger partial charge in [-0.25, -0.2) is 4.79 Å². The Labute approximate surface area is 189 Å². The molecule has 1 atom stereocenters. The minimum Gasteiger partial charge on any atom is -0.444 e. The standard InChI is InChI=1S/C25H32N4O3/c1-25(2,3)32-24(31)29-15-14-20(22(17-29)28-26)23(30)27-21(19-12-8-5-9-13-19)16-18-10-6-4-7-11-18/h4-13,21,28H,14-17,26H2,1-3H3,(H,27,30). The molecule has 1 aliphatic rings. The topological polar surface area (TPSA) is 96.7 Å². The van der Waals surface area contributed by atoms with E-state index in [2.05, 4.69) is 10.7 Å². The summed E-state index contributed by atoms with van der Waals surface area (Å²) in [5, 5.41) is 3.17. The highest BCUT2D eigenvalue weighted by Gasteiger charge is 2.30. The first-order valence-corrected chi connectivity index (χ1v) is 10.8. The molecule has 170 valence electrons. The molecular weight excluding hydrogens is 404 g/mol. The van der Waals surface area contributed by atoms with Gasteiger partial charge in [0.25, 0.3) is 0 Å². The molecule has 1 aliphatic heterocycles. The predicted molar refractivity (Wildman–Crippen MR) is 124 cm³/mol. The molecule has 2 amide bonds. The number of ether oxygens (including phenoxy) is 1. The first-order chi connectivity index (χ1) is 15.3. The Kier molecular flexibility index (Phi) is 7.53. The molecule has 0 saturated carbocycles. The average molecular weight is 437 g/mol. The van der Waals surface area contributed by atoms with Crippen molar-refractivity contribution in [3.63, 3.8) is 0 Å². The zero-order valence-corrected chi connectivity index (χ0v) is 18.9. The van der Waals surface area contributed by atoms with Gasteiger partial charge >= 0.3 is 6.09 Å². The van der Waals surface area contributed by atoms with Crippen molar-refractivity contribution in [1.82, 2.24) is 15.6 Å². The van der Waals surface area contributed by atoms with Crippen molar-refractivity contribution in [1.29, 1.82) is 0 Å². The van der Waals surface area contributed by atoms with E-state index in [4.69, 9.17) is 10.6 Å². The number of nitrogens with zero attached hydrogens (tertiary/aromatic N) is 1. The smallest absolute Gasteiger partial charge is 0.410 e. The van der Waals surface area contributed by atoms with E-state index in [0.717, 1.165) is 11.1 Å². The maximum Gasteiger partial charge on any atom is 0.410 e. The van der Waals surface area contributed by atoms with Crippen molar-refractivity contribution in [3.05, 3.63) is 83.1 Å². The molecule has 0 saturated heterocycles. The first-order valence-electron chi connectivity index (χ1n) is 10.8. The number of nitrogens with two attached hydrogens (primary N) is 1. The third-order valence-electron chi connectivity index (χ3n) is 5.23. The molecule has 0 aliphatic carbocycles. The summed E-state index contributed by atoms with van der Waals surface area (Å²) < 4.78 is 5.45. The fraction of sp³-hybridized carbons (Fsp3) is 0.360. The van der Waals surface area contributed by atoms with Gasteiger partial charge in [0, 0.05) is 12.1 Å². The summed E-state index contributed by atoms with van der Waals surface area (Å²) in [6.07, 6.45) is 0.632. The van der Waals surface area contributed by atoms with Crippen molar-refractivity contribution in [2.24, 2.45) is 5.84 Å². The van der Waals surface area contributed by atoms with Crippen LogP contribution in [-0.4, -0.2) is 35.6 Å². The number of rotatable bonds is 6. The van der Waals surface area contributed by atoms with E-state index < -0.39 is 11.7 Å². The molecule has 1 heterocycles. The lowest BCUT2D eigenvalue weighted by atomic mass is 9.97. The Morgan fingerprint density at radius 3 is 2.28 bits per heavy atom. The Balaban J connectivity index is 1.77. The highest BCUT2D eigenvalue weighted by atomic mass is 16.6. The number of hydrogen-bond donors (Lipinski definition) is 3. The molecule has 7 heteroatoms. The van der Waals surface area contributed by atoms with Gasteiger partial charge in [-0.3, -0.25) is 10.6 Å². The highest BCUT2D eigenvalue weighted by molar-refractivity contribution is 5.95. The number of carbonyl (C=O) groups excluding carboxylic acids is 2.